The lowest BCUT2D eigenvalue weighted by Crippen LogP contribution is -2.20. The molecule has 2 aliphatic carbocycles. The van der Waals surface area contributed by atoms with Crippen LogP contribution in [-0.4, -0.2) is 22.4 Å². The van der Waals surface area contributed by atoms with E-state index in [0.29, 0.717) is 5.92 Å². The number of aromatic nitrogens is 2. The molecule has 98 valence electrons. The SMILES string of the molecule is ClCC1CCCC1CNc1ncnc2c1CCC2. The van der Waals surface area contributed by atoms with Crippen molar-refractivity contribution in [2.24, 2.45) is 11.8 Å². The van der Waals surface area contributed by atoms with E-state index in [2.05, 4.69) is 15.3 Å². The number of halogens is 1. The minimum atomic E-state index is 0.689. The van der Waals surface area contributed by atoms with E-state index < -0.39 is 0 Å². The molecule has 3 nitrogen and oxygen atoms in total. The molecule has 0 aliphatic heterocycles. The maximum atomic E-state index is 6.02. The Balaban J connectivity index is 1.65. The predicted octanol–water partition coefficient (Wildman–Crippen LogP) is 3.03. The van der Waals surface area contributed by atoms with Crippen LogP contribution in [0.5, 0.6) is 0 Å². The van der Waals surface area contributed by atoms with Crippen LogP contribution in [0.1, 0.15) is 36.9 Å². The molecular formula is C14H20ClN3. The zero-order chi connectivity index (χ0) is 12.4. The van der Waals surface area contributed by atoms with Gasteiger partial charge in [0.05, 0.1) is 0 Å². The molecule has 18 heavy (non-hydrogen) atoms. The highest BCUT2D eigenvalue weighted by Crippen LogP contribution is 2.33. The van der Waals surface area contributed by atoms with Crippen LogP contribution in [0.3, 0.4) is 0 Å². The van der Waals surface area contributed by atoms with E-state index in [1.165, 1.54) is 36.9 Å². The molecule has 1 aromatic rings. The lowest BCUT2D eigenvalue weighted by atomic mass is 9.98. The molecule has 0 aromatic carbocycles. The summed E-state index contributed by atoms with van der Waals surface area (Å²) in [5, 5.41) is 3.54. The number of fused-ring (bicyclic) bond motifs is 1. The summed E-state index contributed by atoms with van der Waals surface area (Å²) in [5.74, 6) is 3.27. The van der Waals surface area contributed by atoms with E-state index in [1.807, 2.05) is 0 Å². The van der Waals surface area contributed by atoms with E-state index in [4.69, 9.17) is 11.6 Å². The largest absolute Gasteiger partial charge is 0.369 e. The van der Waals surface area contributed by atoms with E-state index in [-0.39, 0.29) is 0 Å². The standard InChI is InChI=1S/C14H20ClN3/c15-7-10-3-1-4-11(10)8-16-14-12-5-2-6-13(12)17-9-18-14/h9-11H,1-8H2,(H,16,17,18). The van der Waals surface area contributed by atoms with Crippen LogP contribution < -0.4 is 5.32 Å². The maximum Gasteiger partial charge on any atom is 0.132 e. The van der Waals surface area contributed by atoms with Gasteiger partial charge in [0.1, 0.15) is 12.1 Å². The second-order valence-corrected chi connectivity index (χ2v) is 5.80. The molecule has 2 atom stereocenters. The Labute approximate surface area is 113 Å². The Hall–Kier alpha value is -0.830. The van der Waals surface area contributed by atoms with Gasteiger partial charge < -0.3 is 5.32 Å². The fourth-order valence-corrected chi connectivity index (χ4v) is 3.73. The molecule has 1 aromatic heterocycles. The van der Waals surface area contributed by atoms with Gasteiger partial charge in [0, 0.05) is 23.7 Å². The minimum Gasteiger partial charge on any atom is -0.369 e. The highest BCUT2D eigenvalue weighted by Gasteiger charge is 2.26. The van der Waals surface area contributed by atoms with Gasteiger partial charge in [-0.3, -0.25) is 0 Å². The van der Waals surface area contributed by atoms with Crippen LogP contribution in [-0.2, 0) is 12.8 Å². The van der Waals surface area contributed by atoms with Crippen molar-refractivity contribution in [1.29, 1.82) is 0 Å². The Kier molecular flexibility index (Phi) is 3.69. The number of aryl methyl sites for hydroxylation is 1. The summed E-state index contributed by atoms with van der Waals surface area (Å²) in [6.07, 6.45) is 9.07. The minimum absolute atomic E-state index is 0.689. The van der Waals surface area contributed by atoms with Gasteiger partial charge in [-0.2, -0.15) is 0 Å². The first-order chi connectivity index (χ1) is 8.88. The van der Waals surface area contributed by atoms with Crippen molar-refractivity contribution in [2.75, 3.05) is 17.7 Å². The Morgan fingerprint density at radius 3 is 2.94 bits per heavy atom. The summed E-state index contributed by atoms with van der Waals surface area (Å²) >= 11 is 6.02. The van der Waals surface area contributed by atoms with Crippen molar-refractivity contribution in [3.8, 4) is 0 Å². The molecule has 2 unspecified atom stereocenters. The molecule has 0 amide bonds. The molecule has 3 rings (SSSR count). The quantitative estimate of drug-likeness (QED) is 0.851. The summed E-state index contributed by atoms with van der Waals surface area (Å²) < 4.78 is 0. The van der Waals surface area contributed by atoms with Crippen LogP contribution in [0.4, 0.5) is 5.82 Å². The molecule has 1 fully saturated rings. The van der Waals surface area contributed by atoms with Crippen LogP contribution >= 0.6 is 11.6 Å². The third-order valence-corrected chi connectivity index (χ3v) is 4.82. The highest BCUT2D eigenvalue weighted by atomic mass is 35.5. The van der Waals surface area contributed by atoms with Crippen molar-refractivity contribution in [1.82, 2.24) is 9.97 Å². The van der Waals surface area contributed by atoms with Crippen molar-refractivity contribution >= 4 is 17.4 Å². The van der Waals surface area contributed by atoms with Gasteiger partial charge in [-0.15, -0.1) is 11.6 Å². The fourth-order valence-electron chi connectivity index (χ4n) is 3.33. The van der Waals surface area contributed by atoms with E-state index in [1.54, 1.807) is 6.33 Å². The molecule has 0 bridgehead atoms. The van der Waals surface area contributed by atoms with Gasteiger partial charge in [0.15, 0.2) is 0 Å². The number of nitrogens with one attached hydrogen (secondary N) is 1. The molecule has 0 radical (unpaired) electrons. The third-order valence-electron chi connectivity index (χ3n) is 4.42. The van der Waals surface area contributed by atoms with Crippen LogP contribution in [0.2, 0.25) is 0 Å². The summed E-state index contributed by atoms with van der Waals surface area (Å²) in [7, 11) is 0. The Bertz CT molecular complexity index is 422. The monoisotopic (exact) mass is 265 g/mol. The zero-order valence-electron chi connectivity index (χ0n) is 10.7. The summed E-state index contributed by atoms with van der Waals surface area (Å²) in [6.45, 7) is 1.01. The number of rotatable bonds is 4. The number of hydrogen-bond donors (Lipinski definition) is 1. The van der Waals surface area contributed by atoms with E-state index in [9.17, 15) is 0 Å². The molecule has 1 saturated carbocycles. The van der Waals surface area contributed by atoms with Gasteiger partial charge in [0.25, 0.3) is 0 Å². The van der Waals surface area contributed by atoms with Crippen molar-refractivity contribution in [3.63, 3.8) is 0 Å². The van der Waals surface area contributed by atoms with Crippen molar-refractivity contribution in [3.05, 3.63) is 17.6 Å². The first-order valence-corrected chi connectivity index (χ1v) is 7.54. The normalized spacial score (nSPS) is 26.3. The topological polar surface area (TPSA) is 37.8 Å². The lowest BCUT2D eigenvalue weighted by molar-refractivity contribution is 0.444. The molecule has 4 heteroatoms. The molecule has 0 spiro atoms. The zero-order valence-corrected chi connectivity index (χ0v) is 11.4. The second-order valence-electron chi connectivity index (χ2n) is 5.49. The maximum absolute atomic E-state index is 6.02. The average molecular weight is 266 g/mol. The second kappa shape index (κ2) is 5.43. The molecular weight excluding hydrogens is 246 g/mol. The van der Waals surface area contributed by atoms with Gasteiger partial charge in [0.2, 0.25) is 0 Å². The fraction of sp³-hybridized carbons (Fsp3) is 0.714. The smallest absolute Gasteiger partial charge is 0.132 e. The van der Waals surface area contributed by atoms with Gasteiger partial charge >= 0.3 is 0 Å². The summed E-state index contributed by atoms with van der Waals surface area (Å²) in [5.41, 5.74) is 2.59. The lowest BCUT2D eigenvalue weighted by Gasteiger charge is -2.18. The van der Waals surface area contributed by atoms with Crippen LogP contribution in [0, 0.1) is 11.8 Å². The Morgan fingerprint density at radius 2 is 2.06 bits per heavy atom. The number of nitrogens with zero attached hydrogens (tertiary/aromatic N) is 2. The van der Waals surface area contributed by atoms with Crippen LogP contribution in [0.15, 0.2) is 6.33 Å². The highest BCUT2D eigenvalue weighted by molar-refractivity contribution is 6.18. The molecule has 1 N–H and O–H groups in total. The van der Waals surface area contributed by atoms with Gasteiger partial charge in [-0.25, -0.2) is 9.97 Å². The Morgan fingerprint density at radius 1 is 1.17 bits per heavy atom. The van der Waals surface area contributed by atoms with Gasteiger partial charge in [-0.1, -0.05) is 6.42 Å². The number of hydrogen-bond acceptors (Lipinski definition) is 3. The molecule has 1 heterocycles. The number of alkyl halides is 1. The van der Waals surface area contributed by atoms with Crippen molar-refractivity contribution < 1.29 is 0 Å². The van der Waals surface area contributed by atoms with Gasteiger partial charge in [-0.05, 0) is 43.9 Å². The van der Waals surface area contributed by atoms with E-state index >= 15 is 0 Å². The number of anilines is 1. The first-order valence-electron chi connectivity index (χ1n) is 7.01. The average Bonchev–Trinajstić information content (AvgIpc) is 3.04. The first kappa shape index (κ1) is 12.2. The van der Waals surface area contributed by atoms with E-state index in [0.717, 1.165) is 37.0 Å². The van der Waals surface area contributed by atoms with Crippen LogP contribution in [0.25, 0.3) is 0 Å². The third kappa shape index (κ3) is 2.33. The predicted molar refractivity (Wildman–Crippen MR) is 74.1 cm³/mol. The molecule has 2 aliphatic rings. The summed E-state index contributed by atoms with van der Waals surface area (Å²) in [4.78, 5) is 8.77. The summed E-state index contributed by atoms with van der Waals surface area (Å²) in [6, 6.07) is 0. The van der Waals surface area contributed by atoms with Crippen molar-refractivity contribution in [2.45, 2.75) is 38.5 Å². The molecule has 0 saturated heterocycles.